The number of nitrogens with zero attached hydrogens (tertiary/aromatic N) is 4. The number of rotatable bonds is 33. The standard InChI is InChI=1S/C59H90N4O7/c1-45-26-25-27-53(61-45)63(44-59(5,6)36-24-22-20-18-16-14-12-10-8-9-11-13-15-17-19-21-23-28-55(64)65)57(67)50-32-31-49(68-7)41-52(50)62-38-34-46(35-39-62)43-69-54-40-48(33-37-60-54)51(47-29-30-47)42-56(66)70-58(2,3)4/h25-27,31-33,37,40-41,46-47,51H,8-24,28-30,34-36,38-39,42-44H2,1-7H3,(H,64,65). The molecule has 1 aromatic carbocycles. The smallest absolute Gasteiger partial charge is 0.306 e. The van der Waals surface area contributed by atoms with Crippen molar-refractivity contribution < 1.29 is 33.7 Å². The Balaban J connectivity index is 1.07. The number of amides is 1. The highest BCUT2D eigenvalue weighted by Crippen LogP contribution is 2.45. The molecule has 2 aromatic heterocycles. The Labute approximate surface area is 422 Å². The molecule has 2 fully saturated rings. The third-order valence-corrected chi connectivity index (χ3v) is 14.3. The summed E-state index contributed by atoms with van der Waals surface area (Å²) in [4.78, 5) is 52.1. The number of aliphatic carboxylic acids is 1. The number of carboxylic acids is 1. The minimum Gasteiger partial charge on any atom is -0.497 e. The number of aromatic nitrogens is 2. The van der Waals surface area contributed by atoms with Crippen molar-refractivity contribution >= 4 is 29.4 Å². The Hall–Kier alpha value is -4.67. The second kappa shape index (κ2) is 29.0. The lowest BCUT2D eigenvalue weighted by Crippen LogP contribution is -2.41. The van der Waals surface area contributed by atoms with Crippen LogP contribution in [0.1, 0.15) is 216 Å². The maximum Gasteiger partial charge on any atom is 0.306 e. The van der Waals surface area contributed by atoms with Crippen molar-refractivity contribution in [3.63, 3.8) is 0 Å². The number of aryl methyl sites for hydroxylation is 1. The van der Waals surface area contributed by atoms with E-state index in [1.54, 1.807) is 13.3 Å². The number of benzene rings is 1. The number of hydrogen-bond acceptors (Lipinski definition) is 9. The number of carbonyl (C=O) groups excluding carboxylic acids is 2. The van der Waals surface area contributed by atoms with Crippen molar-refractivity contribution in [1.29, 1.82) is 0 Å². The molecule has 1 unspecified atom stereocenters. The Morgan fingerprint density at radius 2 is 1.37 bits per heavy atom. The second-order valence-corrected chi connectivity index (χ2v) is 22.4. The van der Waals surface area contributed by atoms with Gasteiger partial charge in [-0.2, -0.15) is 0 Å². The Bertz CT molecular complexity index is 2040. The van der Waals surface area contributed by atoms with Crippen molar-refractivity contribution in [2.24, 2.45) is 17.3 Å². The van der Waals surface area contributed by atoms with E-state index in [4.69, 9.17) is 24.3 Å². The first-order chi connectivity index (χ1) is 33.6. The molecule has 1 aliphatic heterocycles. The van der Waals surface area contributed by atoms with Gasteiger partial charge >= 0.3 is 11.9 Å². The fourth-order valence-corrected chi connectivity index (χ4v) is 10.1. The number of piperidine rings is 1. The van der Waals surface area contributed by atoms with Gasteiger partial charge in [0.1, 0.15) is 17.2 Å². The molecule has 2 aliphatic rings. The molecular formula is C59H90N4O7. The van der Waals surface area contributed by atoms with E-state index >= 15 is 0 Å². The van der Waals surface area contributed by atoms with Gasteiger partial charge in [-0.3, -0.25) is 19.3 Å². The molecule has 3 aromatic rings. The molecule has 1 N–H and O–H groups in total. The molecule has 1 atom stereocenters. The summed E-state index contributed by atoms with van der Waals surface area (Å²) < 4.78 is 17.7. The second-order valence-electron chi connectivity index (χ2n) is 22.4. The molecule has 388 valence electrons. The van der Waals surface area contributed by atoms with E-state index in [1.807, 2.05) is 81.1 Å². The van der Waals surface area contributed by atoms with E-state index in [0.29, 0.717) is 55.1 Å². The number of ether oxygens (including phenoxy) is 3. The average molecular weight is 967 g/mol. The minimum atomic E-state index is -0.675. The van der Waals surface area contributed by atoms with E-state index in [2.05, 4.69) is 23.7 Å². The van der Waals surface area contributed by atoms with E-state index in [0.717, 1.165) is 87.2 Å². The summed E-state index contributed by atoms with van der Waals surface area (Å²) in [6.07, 6.45) is 28.7. The molecule has 3 heterocycles. The van der Waals surface area contributed by atoms with E-state index < -0.39 is 11.6 Å². The van der Waals surface area contributed by atoms with Crippen molar-refractivity contribution in [3.8, 4) is 11.6 Å². The van der Waals surface area contributed by atoms with Gasteiger partial charge in [0.15, 0.2) is 0 Å². The van der Waals surface area contributed by atoms with E-state index in [9.17, 15) is 14.4 Å². The zero-order valence-electron chi connectivity index (χ0n) is 44.4. The van der Waals surface area contributed by atoms with Crippen LogP contribution in [-0.4, -0.2) is 71.9 Å². The van der Waals surface area contributed by atoms with Crippen LogP contribution in [0.5, 0.6) is 11.6 Å². The predicted molar refractivity (Wildman–Crippen MR) is 283 cm³/mol. The van der Waals surface area contributed by atoms with Gasteiger partial charge in [-0.1, -0.05) is 123 Å². The Morgan fingerprint density at radius 1 is 0.771 bits per heavy atom. The number of pyridine rings is 2. The van der Waals surface area contributed by atoms with Crippen LogP contribution in [-0.2, 0) is 14.3 Å². The molecule has 1 saturated carbocycles. The predicted octanol–water partition coefficient (Wildman–Crippen LogP) is 14.5. The summed E-state index contributed by atoms with van der Waals surface area (Å²) in [7, 11) is 1.67. The molecule has 0 radical (unpaired) electrons. The van der Waals surface area contributed by atoms with Crippen LogP contribution < -0.4 is 19.3 Å². The van der Waals surface area contributed by atoms with Gasteiger partial charge in [0.25, 0.3) is 5.91 Å². The monoisotopic (exact) mass is 967 g/mol. The third-order valence-electron chi connectivity index (χ3n) is 14.3. The lowest BCUT2D eigenvalue weighted by atomic mass is 9.85. The van der Waals surface area contributed by atoms with Gasteiger partial charge in [-0.25, -0.2) is 9.97 Å². The fraction of sp³-hybridized carbons (Fsp3) is 0.678. The molecule has 0 bridgehead atoms. The summed E-state index contributed by atoms with van der Waals surface area (Å²) in [6.45, 7) is 15.0. The molecular weight excluding hydrogens is 877 g/mol. The maximum atomic E-state index is 15.0. The minimum absolute atomic E-state index is 0.0434. The van der Waals surface area contributed by atoms with Gasteiger partial charge in [0.05, 0.1) is 31.4 Å². The van der Waals surface area contributed by atoms with Gasteiger partial charge in [-0.05, 0) is 125 Å². The number of unbranched alkanes of at least 4 members (excludes halogenated alkanes) is 16. The van der Waals surface area contributed by atoms with Crippen LogP contribution in [0.3, 0.4) is 0 Å². The lowest BCUT2D eigenvalue weighted by Gasteiger charge is -2.36. The maximum absolute atomic E-state index is 15.0. The van der Waals surface area contributed by atoms with Crippen molar-refractivity contribution in [3.05, 3.63) is 71.5 Å². The van der Waals surface area contributed by atoms with Crippen LogP contribution in [0, 0.1) is 24.2 Å². The number of hydrogen-bond donors (Lipinski definition) is 1. The summed E-state index contributed by atoms with van der Waals surface area (Å²) >= 11 is 0. The SMILES string of the molecule is COc1ccc(C(=O)N(CC(C)(C)CCCCCCCCCCCCCCCCCCCC(=O)O)c2cccc(C)n2)c(N2CCC(COc3cc(C(CC(=O)OC(C)(C)C)C4CC4)ccn3)CC2)c1. The highest BCUT2D eigenvalue weighted by Gasteiger charge is 2.36. The van der Waals surface area contributed by atoms with Crippen LogP contribution in [0.4, 0.5) is 11.5 Å². The zero-order chi connectivity index (χ0) is 50.4. The van der Waals surface area contributed by atoms with Gasteiger partial charge < -0.3 is 24.2 Å². The number of carbonyl (C=O) groups is 3. The van der Waals surface area contributed by atoms with E-state index in [-0.39, 0.29) is 23.2 Å². The van der Waals surface area contributed by atoms with Crippen LogP contribution >= 0.6 is 0 Å². The average Bonchev–Trinajstić information content (AvgIpc) is 4.17. The quantitative estimate of drug-likeness (QED) is 0.0465. The molecule has 11 heteroatoms. The molecule has 1 aliphatic carbocycles. The Kier molecular flexibility index (Phi) is 23.3. The first kappa shape index (κ1) is 56.2. The molecule has 0 spiro atoms. The van der Waals surface area contributed by atoms with E-state index in [1.165, 1.54) is 89.9 Å². The number of esters is 1. The fourth-order valence-electron chi connectivity index (χ4n) is 10.1. The number of methoxy groups -OCH3 is 1. The topological polar surface area (TPSA) is 131 Å². The normalized spacial score (nSPS) is 14.9. The van der Waals surface area contributed by atoms with Crippen LogP contribution in [0.25, 0.3) is 0 Å². The molecule has 11 nitrogen and oxygen atoms in total. The van der Waals surface area contributed by atoms with Crippen LogP contribution in [0.15, 0.2) is 54.7 Å². The van der Waals surface area contributed by atoms with Gasteiger partial charge in [0.2, 0.25) is 5.88 Å². The summed E-state index contributed by atoms with van der Waals surface area (Å²) in [5, 5.41) is 8.75. The Morgan fingerprint density at radius 3 is 1.93 bits per heavy atom. The lowest BCUT2D eigenvalue weighted by molar-refractivity contribution is -0.155. The number of anilines is 2. The van der Waals surface area contributed by atoms with Crippen LogP contribution in [0.2, 0.25) is 0 Å². The third kappa shape index (κ3) is 20.6. The summed E-state index contributed by atoms with van der Waals surface area (Å²) in [6, 6.07) is 15.8. The highest BCUT2D eigenvalue weighted by molar-refractivity contribution is 6.09. The largest absolute Gasteiger partial charge is 0.497 e. The van der Waals surface area contributed by atoms with Gasteiger partial charge in [-0.15, -0.1) is 0 Å². The van der Waals surface area contributed by atoms with Crippen molar-refractivity contribution in [1.82, 2.24) is 9.97 Å². The zero-order valence-corrected chi connectivity index (χ0v) is 44.4. The molecule has 70 heavy (non-hydrogen) atoms. The van der Waals surface area contributed by atoms with Crippen molar-refractivity contribution in [2.45, 2.75) is 207 Å². The van der Waals surface area contributed by atoms with Crippen molar-refractivity contribution in [2.75, 3.05) is 43.2 Å². The molecule has 1 saturated heterocycles. The first-order valence-electron chi connectivity index (χ1n) is 27.3. The molecule has 1 amide bonds. The summed E-state index contributed by atoms with van der Waals surface area (Å²) in [5.41, 5.74) is 2.90. The molecule has 5 rings (SSSR count). The number of carboxylic acid groups (broad SMARTS) is 1. The highest BCUT2D eigenvalue weighted by atomic mass is 16.6. The first-order valence-corrected chi connectivity index (χ1v) is 27.3. The van der Waals surface area contributed by atoms with Gasteiger partial charge in [0, 0.05) is 50.1 Å². The summed E-state index contributed by atoms with van der Waals surface area (Å²) in [5.74, 6) is 2.04.